The number of ether oxygens (including phenoxy) is 1. The van der Waals surface area contributed by atoms with Crippen LogP contribution in [0.4, 0.5) is 4.39 Å². The summed E-state index contributed by atoms with van der Waals surface area (Å²) in [5, 5.41) is 2.42. The zero-order valence-electron chi connectivity index (χ0n) is 8.00. The Kier molecular flexibility index (Phi) is 4.17. The van der Waals surface area contributed by atoms with Crippen molar-refractivity contribution < 1.29 is 13.9 Å². The van der Waals surface area contributed by atoms with Gasteiger partial charge in [0.2, 0.25) is 0 Å². The number of amides is 1. The fourth-order valence-corrected chi connectivity index (χ4v) is 0.906. The van der Waals surface area contributed by atoms with Crippen LogP contribution in [0.15, 0.2) is 24.3 Å². The molecule has 0 saturated heterocycles. The molecule has 1 aromatic rings. The standard InChI is InChI=1S/C11H10FNO2/c1-2-6-13-11(14)8-15-10-5-3-4-9(12)7-10/h1,3-5,7H,6,8H2,(H,13,14). The third-order valence-corrected chi connectivity index (χ3v) is 1.55. The second-order valence-corrected chi connectivity index (χ2v) is 2.73. The van der Waals surface area contributed by atoms with E-state index in [0.29, 0.717) is 5.75 Å². The number of carbonyl (C=O) groups excluding carboxylic acids is 1. The van der Waals surface area contributed by atoms with Crippen LogP contribution in [0.1, 0.15) is 0 Å². The molecule has 1 rings (SSSR count). The van der Waals surface area contributed by atoms with Gasteiger partial charge in [-0.1, -0.05) is 12.0 Å². The van der Waals surface area contributed by atoms with Crippen molar-refractivity contribution in [2.24, 2.45) is 0 Å². The third-order valence-electron chi connectivity index (χ3n) is 1.55. The summed E-state index contributed by atoms with van der Waals surface area (Å²) >= 11 is 0. The molecule has 0 aromatic heterocycles. The summed E-state index contributed by atoms with van der Waals surface area (Å²) in [5.74, 6) is 1.83. The van der Waals surface area contributed by atoms with Gasteiger partial charge in [0.25, 0.3) is 5.91 Å². The molecule has 78 valence electrons. The molecule has 0 spiro atoms. The first-order valence-corrected chi connectivity index (χ1v) is 4.31. The summed E-state index contributed by atoms with van der Waals surface area (Å²) in [6.07, 6.45) is 4.95. The molecule has 4 heteroatoms. The van der Waals surface area contributed by atoms with Crippen LogP contribution in [-0.2, 0) is 4.79 Å². The molecule has 0 atom stereocenters. The molecular weight excluding hydrogens is 197 g/mol. The molecule has 3 nitrogen and oxygen atoms in total. The Hall–Kier alpha value is -2.02. The minimum Gasteiger partial charge on any atom is -0.484 e. The molecule has 0 radical (unpaired) electrons. The van der Waals surface area contributed by atoms with Crippen molar-refractivity contribution in [3.05, 3.63) is 30.1 Å². The number of terminal acetylenes is 1. The summed E-state index contributed by atoms with van der Waals surface area (Å²) in [6, 6.07) is 5.57. The van der Waals surface area contributed by atoms with Crippen molar-refractivity contribution >= 4 is 5.91 Å². The van der Waals surface area contributed by atoms with Gasteiger partial charge in [-0.25, -0.2) is 4.39 Å². The zero-order chi connectivity index (χ0) is 11.1. The van der Waals surface area contributed by atoms with Gasteiger partial charge in [-0.3, -0.25) is 4.79 Å². The largest absolute Gasteiger partial charge is 0.484 e. The first-order chi connectivity index (χ1) is 7.22. The van der Waals surface area contributed by atoms with Crippen molar-refractivity contribution in [3.63, 3.8) is 0 Å². The number of halogens is 1. The van der Waals surface area contributed by atoms with Gasteiger partial charge in [0.15, 0.2) is 6.61 Å². The van der Waals surface area contributed by atoms with Crippen molar-refractivity contribution in [2.45, 2.75) is 0 Å². The Morgan fingerprint density at radius 3 is 3.07 bits per heavy atom. The lowest BCUT2D eigenvalue weighted by atomic mass is 10.3. The number of benzene rings is 1. The average molecular weight is 207 g/mol. The molecule has 15 heavy (non-hydrogen) atoms. The first-order valence-electron chi connectivity index (χ1n) is 4.31. The molecule has 0 aliphatic rings. The van der Waals surface area contributed by atoms with Crippen LogP contribution in [0.5, 0.6) is 5.75 Å². The van der Waals surface area contributed by atoms with E-state index in [-0.39, 0.29) is 19.1 Å². The van der Waals surface area contributed by atoms with Crippen LogP contribution in [-0.4, -0.2) is 19.1 Å². The molecule has 0 unspecified atom stereocenters. The van der Waals surface area contributed by atoms with Gasteiger partial charge < -0.3 is 10.1 Å². The summed E-state index contributed by atoms with van der Waals surface area (Å²) < 4.78 is 17.7. The van der Waals surface area contributed by atoms with Gasteiger partial charge in [-0.15, -0.1) is 6.42 Å². The lowest BCUT2D eigenvalue weighted by molar-refractivity contribution is -0.122. The van der Waals surface area contributed by atoms with Gasteiger partial charge in [0, 0.05) is 6.07 Å². The molecule has 0 bridgehead atoms. The Bertz CT molecular complexity index is 384. The fraction of sp³-hybridized carbons (Fsp3) is 0.182. The molecule has 0 aliphatic carbocycles. The maximum Gasteiger partial charge on any atom is 0.258 e. The summed E-state index contributed by atoms with van der Waals surface area (Å²) in [5.41, 5.74) is 0. The second kappa shape index (κ2) is 5.66. The highest BCUT2D eigenvalue weighted by molar-refractivity contribution is 5.77. The van der Waals surface area contributed by atoms with Crippen LogP contribution in [0, 0.1) is 18.2 Å². The Labute approximate surface area is 87.2 Å². The van der Waals surface area contributed by atoms with E-state index in [0.717, 1.165) is 0 Å². The summed E-state index contributed by atoms with van der Waals surface area (Å²) in [7, 11) is 0. The maximum absolute atomic E-state index is 12.7. The van der Waals surface area contributed by atoms with Gasteiger partial charge in [0.1, 0.15) is 11.6 Å². The van der Waals surface area contributed by atoms with Crippen LogP contribution >= 0.6 is 0 Å². The lowest BCUT2D eigenvalue weighted by Gasteiger charge is -2.05. The Morgan fingerprint density at radius 2 is 2.40 bits per heavy atom. The highest BCUT2D eigenvalue weighted by Crippen LogP contribution is 2.11. The molecule has 1 aromatic carbocycles. The van der Waals surface area contributed by atoms with E-state index in [1.165, 1.54) is 18.2 Å². The quantitative estimate of drug-likeness (QED) is 0.746. The topological polar surface area (TPSA) is 38.3 Å². The third kappa shape index (κ3) is 4.14. The molecule has 0 heterocycles. The zero-order valence-corrected chi connectivity index (χ0v) is 8.00. The van der Waals surface area contributed by atoms with Gasteiger partial charge in [-0.2, -0.15) is 0 Å². The highest BCUT2D eigenvalue weighted by Gasteiger charge is 2.01. The van der Waals surface area contributed by atoms with Crippen molar-refractivity contribution in [1.29, 1.82) is 0 Å². The smallest absolute Gasteiger partial charge is 0.258 e. The summed E-state index contributed by atoms with van der Waals surface area (Å²) in [4.78, 5) is 11.0. The normalized spacial score (nSPS) is 9.07. The summed E-state index contributed by atoms with van der Waals surface area (Å²) in [6.45, 7) is -0.0174. The number of hydrogen-bond donors (Lipinski definition) is 1. The molecule has 0 aliphatic heterocycles. The number of carbonyl (C=O) groups is 1. The first kappa shape index (κ1) is 11.1. The van der Waals surface area contributed by atoms with E-state index in [9.17, 15) is 9.18 Å². The maximum atomic E-state index is 12.7. The van der Waals surface area contributed by atoms with Gasteiger partial charge in [0.05, 0.1) is 6.54 Å². The molecule has 0 saturated carbocycles. The van der Waals surface area contributed by atoms with Crippen molar-refractivity contribution in [2.75, 3.05) is 13.2 Å². The lowest BCUT2D eigenvalue weighted by Crippen LogP contribution is -2.29. The second-order valence-electron chi connectivity index (χ2n) is 2.73. The number of hydrogen-bond acceptors (Lipinski definition) is 2. The van der Waals surface area contributed by atoms with Gasteiger partial charge >= 0.3 is 0 Å². The highest BCUT2D eigenvalue weighted by atomic mass is 19.1. The van der Waals surface area contributed by atoms with Gasteiger partial charge in [-0.05, 0) is 12.1 Å². The van der Waals surface area contributed by atoms with E-state index in [1.807, 2.05) is 0 Å². The number of rotatable bonds is 4. The predicted octanol–water partition coefficient (Wildman–Crippen LogP) is 0.954. The molecule has 0 fully saturated rings. The van der Waals surface area contributed by atoms with Crippen LogP contribution in [0.3, 0.4) is 0 Å². The van der Waals surface area contributed by atoms with Crippen molar-refractivity contribution in [3.8, 4) is 18.1 Å². The monoisotopic (exact) mass is 207 g/mol. The van der Waals surface area contributed by atoms with E-state index < -0.39 is 5.82 Å². The average Bonchev–Trinajstić information content (AvgIpc) is 2.23. The molecular formula is C11H10FNO2. The minimum atomic E-state index is -0.406. The van der Waals surface area contributed by atoms with Crippen LogP contribution in [0.2, 0.25) is 0 Å². The van der Waals surface area contributed by atoms with Crippen molar-refractivity contribution in [1.82, 2.24) is 5.32 Å². The Morgan fingerprint density at radius 1 is 1.60 bits per heavy atom. The molecule has 1 amide bonds. The minimum absolute atomic E-state index is 0.158. The van der Waals surface area contributed by atoms with Crippen LogP contribution < -0.4 is 10.1 Å². The van der Waals surface area contributed by atoms with E-state index >= 15 is 0 Å². The Balaban J connectivity index is 2.37. The van der Waals surface area contributed by atoms with E-state index in [1.54, 1.807) is 6.07 Å². The van der Waals surface area contributed by atoms with E-state index in [4.69, 9.17) is 11.2 Å². The predicted molar refractivity (Wildman–Crippen MR) is 53.7 cm³/mol. The van der Waals surface area contributed by atoms with E-state index in [2.05, 4.69) is 11.2 Å². The fourth-order valence-electron chi connectivity index (χ4n) is 0.906. The molecule has 1 N–H and O–H groups in total. The SMILES string of the molecule is C#CCNC(=O)COc1cccc(F)c1. The van der Waals surface area contributed by atoms with Crippen LogP contribution in [0.25, 0.3) is 0 Å². The number of nitrogens with one attached hydrogen (secondary N) is 1.